The van der Waals surface area contributed by atoms with Crippen molar-refractivity contribution < 1.29 is 27.5 Å². The van der Waals surface area contributed by atoms with Gasteiger partial charge in [-0.3, -0.25) is 10.1 Å². The Morgan fingerprint density at radius 1 is 1.00 bits per heavy atom. The zero-order valence-electron chi connectivity index (χ0n) is 22.0. The molecule has 4 rings (SSSR count). The van der Waals surface area contributed by atoms with Gasteiger partial charge in [0.05, 0.1) is 34.9 Å². The topological polar surface area (TPSA) is 172 Å². The van der Waals surface area contributed by atoms with Crippen molar-refractivity contribution in [2.24, 2.45) is 0 Å². The molecule has 0 radical (unpaired) electrons. The molecule has 14 heteroatoms. The van der Waals surface area contributed by atoms with Crippen LogP contribution in [0.25, 0.3) is 5.69 Å². The smallest absolute Gasteiger partial charge is 0.338 e. The number of nitriles is 1. The number of carbonyl (C=O) groups is 3. The molecule has 1 heterocycles. The number of halogens is 1. The van der Waals surface area contributed by atoms with Crippen molar-refractivity contribution in [1.82, 2.24) is 14.5 Å². The highest BCUT2D eigenvalue weighted by Crippen LogP contribution is 2.25. The molecule has 0 aliphatic heterocycles. The summed E-state index contributed by atoms with van der Waals surface area (Å²) in [6.45, 7) is 1.87. The van der Waals surface area contributed by atoms with Crippen LogP contribution < -0.4 is 15.4 Å². The quantitative estimate of drug-likeness (QED) is 0.237. The molecule has 3 N–H and O–H groups in total. The summed E-state index contributed by atoms with van der Waals surface area (Å²) in [5, 5.41) is 19.7. The molecule has 0 bridgehead atoms. The molecule has 4 aromatic rings. The average molecular weight is 607 g/mol. The van der Waals surface area contributed by atoms with Crippen LogP contribution in [0.5, 0.6) is 0 Å². The highest BCUT2D eigenvalue weighted by molar-refractivity contribution is 7.90. The number of esters is 1. The molecule has 0 saturated carbocycles. The third-order valence-electron chi connectivity index (χ3n) is 5.64. The fourth-order valence-corrected chi connectivity index (χ4v) is 4.83. The van der Waals surface area contributed by atoms with E-state index in [1.165, 1.54) is 35.0 Å². The van der Waals surface area contributed by atoms with E-state index in [-0.39, 0.29) is 40.6 Å². The van der Waals surface area contributed by atoms with Gasteiger partial charge >= 0.3 is 12.0 Å². The van der Waals surface area contributed by atoms with Crippen LogP contribution in [0.2, 0.25) is 5.02 Å². The van der Waals surface area contributed by atoms with Gasteiger partial charge in [-0.2, -0.15) is 10.4 Å². The van der Waals surface area contributed by atoms with Gasteiger partial charge in [0, 0.05) is 10.7 Å². The molecular formula is C28H23ClN6O6S. The minimum atomic E-state index is -4.28. The lowest BCUT2D eigenvalue weighted by Crippen LogP contribution is -2.35. The molecule has 42 heavy (non-hydrogen) atoms. The summed E-state index contributed by atoms with van der Waals surface area (Å²) in [6, 6.07) is 20.5. The normalized spacial score (nSPS) is 10.8. The number of amides is 3. The first-order valence-corrected chi connectivity index (χ1v) is 14.2. The van der Waals surface area contributed by atoms with Crippen LogP contribution in [0.4, 0.5) is 16.3 Å². The zero-order chi connectivity index (χ0) is 30.3. The maximum absolute atomic E-state index is 12.9. The zero-order valence-corrected chi connectivity index (χ0v) is 23.6. The van der Waals surface area contributed by atoms with E-state index in [9.17, 15) is 28.1 Å². The lowest BCUT2D eigenvalue weighted by molar-refractivity contribution is -0.115. The largest absolute Gasteiger partial charge is 0.462 e. The fraction of sp³-hybridized carbons (Fsp3) is 0.107. The number of carbonyl (C=O) groups excluding carboxylic acids is 3. The van der Waals surface area contributed by atoms with Gasteiger partial charge in [0.15, 0.2) is 5.82 Å². The molecule has 1 aromatic heterocycles. The van der Waals surface area contributed by atoms with Gasteiger partial charge in [-0.05, 0) is 61.5 Å². The van der Waals surface area contributed by atoms with Gasteiger partial charge in [0.2, 0.25) is 5.91 Å². The summed E-state index contributed by atoms with van der Waals surface area (Å²) in [5.74, 6) is -1.26. The Labute approximate surface area is 245 Å². The van der Waals surface area contributed by atoms with Crippen LogP contribution in [0.15, 0.2) is 83.8 Å². The fourth-order valence-electron chi connectivity index (χ4n) is 3.80. The van der Waals surface area contributed by atoms with Crippen LogP contribution in [-0.4, -0.2) is 42.7 Å². The van der Waals surface area contributed by atoms with Crippen molar-refractivity contribution in [1.29, 1.82) is 5.26 Å². The molecular weight excluding hydrogens is 584 g/mol. The van der Waals surface area contributed by atoms with E-state index in [1.54, 1.807) is 55.5 Å². The molecule has 3 amide bonds. The monoisotopic (exact) mass is 606 g/mol. The molecule has 214 valence electrons. The molecule has 3 aromatic carbocycles. The number of ether oxygens (including phenoxy) is 1. The average Bonchev–Trinajstić information content (AvgIpc) is 3.29. The number of aromatic nitrogens is 2. The third-order valence-corrected chi connectivity index (χ3v) is 7.24. The number of sulfonamides is 1. The summed E-state index contributed by atoms with van der Waals surface area (Å²) < 4.78 is 33.5. The van der Waals surface area contributed by atoms with Crippen LogP contribution in [0, 0.1) is 11.3 Å². The second-order valence-corrected chi connectivity index (χ2v) is 10.7. The van der Waals surface area contributed by atoms with Crippen molar-refractivity contribution in [3.63, 3.8) is 0 Å². The van der Waals surface area contributed by atoms with Crippen LogP contribution in [0.3, 0.4) is 0 Å². The molecule has 0 atom stereocenters. The number of anilines is 2. The van der Waals surface area contributed by atoms with E-state index in [0.717, 1.165) is 0 Å². The Morgan fingerprint density at radius 3 is 2.38 bits per heavy atom. The number of para-hydroxylation sites is 1. The Morgan fingerprint density at radius 2 is 1.71 bits per heavy atom. The van der Waals surface area contributed by atoms with Gasteiger partial charge in [0.1, 0.15) is 11.6 Å². The van der Waals surface area contributed by atoms with E-state index in [2.05, 4.69) is 15.7 Å². The predicted octanol–water partition coefficient (Wildman–Crippen LogP) is 4.27. The van der Waals surface area contributed by atoms with Crippen LogP contribution in [-0.2, 0) is 26.0 Å². The van der Waals surface area contributed by atoms with Crippen molar-refractivity contribution in [2.75, 3.05) is 17.2 Å². The maximum Gasteiger partial charge on any atom is 0.338 e. The molecule has 0 aliphatic rings. The van der Waals surface area contributed by atoms with Crippen molar-refractivity contribution in [3.8, 4) is 11.8 Å². The van der Waals surface area contributed by atoms with Gasteiger partial charge < -0.3 is 10.1 Å². The Hall–Kier alpha value is -5.19. The molecule has 0 aliphatic carbocycles. The van der Waals surface area contributed by atoms with E-state index in [4.69, 9.17) is 16.3 Å². The summed E-state index contributed by atoms with van der Waals surface area (Å²) in [4.78, 5) is 37.6. The second-order valence-electron chi connectivity index (χ2n) is 8.57. The summed E-state index contributed by atoms with van der Waals surface area (Å²) in [7, 11) is -4.28. The van der Waals surface area contributed by atoms with Crippen molar-refractivity contribution in [2.45, 2.75) is 18.2 Å². The van der Waals surface area contributed by atoms with Gasteiger partial charge in [-0.15, -0.1) is 0 Å². The van der Waals surface area contributed by atoms with Crippen LogP contribution >= 0.6 is 11.6 Å². The lowest BCUT2D eigenvalue weighted by atomic mass is 10.1. The van der Waals surface area contributed by atoms with Gasteiger partial charge in [-0.1, -0.05) is 35.9 Å². The number of hydrogen-bond donors (Lipinski definition) is 3. The summed E-state index contributed by atoms with van der Waals surface area (Å²) >= 11 is 5.82. The molecule has 0 fully saturated rings. The molecule has 0 spiro atoms. The minimum absolute atomic E-state index is 0.0104. The third kappa shape index (κ3) is 7.11. The van der Waals surface area contributed by atoms with Crippen molar-refractivity contribution in [3.05, 3.63) is 101 Å². The van der Waals surface area contributed by atoms with E-state index in [0.29, 0.717) is 16.4 Å². The SMILES string of the molecule is CCOC(=O)c1cccc(NC(=O)Cc2nn(-c3ccccc3)c(NC(=O)NS(=O)(=O)c3ccc(Cl)cc3)c2C#N)c1. The molecule has 0 unspecified atom stereocenters. The first-order valence-electron chi connectivity index (χ1n) is 12.3. The first-order chi connectivity index (χ1) is 20.1. The van der Waals surface area contributed by atoms with Gasteiger partial charge in [-0.25, -0.2) is 27.4 Å². The Kier molecular flexibility index (Phi) is 9.21. The van der Waals surface area contributed by atoms with Crippen LogP contribution in [0.1, 0.15) is 28.5 Å². The summed E-state index contributed by atoms with van der Waals surface area (Å²) in [5.41, 5.74) is 0.840. The predicted molar refractivity (Wildman–Crippen MR) is 154 cm³/mol. The summed E-state index contributed by atoms with van der Waals surface area (Å²) in [6.07, 6.45) is -0.383. The lowest BCUT2D eigenvalue weighted by Gasteiger charge is -2.11. The second kappa shape index (κ2) is 13.0. The van der Waals surface area contributed by atoms with Gasteiger partial charge in [0.25, 0.3) is 10.0 Å². The highest BCUT2D eigenvalue weighted by Gasteiger charge is 2.25. The standard InChI is InChI=1S/C28H23ClN6O6S/c1-2-41-27(37)18-7-6-8-20(15-18)31-25(36)16-24-23(17-30)26(35(33-24)21-9-4-3-5-10-21)32-28(38)34-42(39,40)22-13-11-19(29)12-14-22/h3-15H,2,16H2,1H3,(H,31,36)(H2,32,34,38). The minimum Gasteiger partial charge on any atom is -0.462 e. The Balaban J connectivity index is 1.60. The number of rotatable bonds is 9. The number of hydrogen-bond acceptors (Lipinski definition) is 8. The molecule has 0 saturated heterocycles. The number of urea groups is 1. The van der Waals surface area contributed by atoms with E-state index in [1.807, 2.05) is 10.8 Å². The Bertz CT molecular complexity index is 1780. The van der Waals surface area contributed by atoms with E-state index >= 15 is 0 Å². The highest BCUT2D eigenvalue weighted by atomic mass is 35.5. The first kappa shape index (κ1) is 29.8. The van der Waals surface area contributed by atoms with E-state index < -0.39 is 27.9 Å². The number of nitrogens with zero attached hydrogens (tertiary/aromatic N) is 3. The number of nitrogens with one attached hydrogen (secondary N) is 3. The maximum atomic E-state index is 12.9. The number of benzene rings is 3. The molecule has 12 nitrogen and oxygen atoms in total. The van der Waals surface area contributed by atoms with Crippen molar-refractivity contribution >= 4 is 51.0 Å².